The molecule has 0 aliphatic heterocycles. The Kier molecular flexibility index (Phi) is 4.48. The summed E-state index contributed by atoms with van der Waals surface area (Å²) in [5.41, 5.74) is 0.169. The van der Waals surface area contributed by atoms with E-state index < -0.39 is 22.0 Å². The molecule has 1 aromatic carbocycles. The molecule has 0 saturated carbocycles. The lowest BCUT2D eigenvalue weighted by Crippen LogP contribution is -2.40. The normalized spacial score (nSPS) is 13.3. The number of carbonyl (C=O) groups is 1. The number of nitrogens with zero attached hydrogens (tertiary/aromatic N) is 1. The van der Waals surface area contributed by atoms with Gasteiger partial charge < -0.3 is 4.90 Å². The molecule has 1 aromatic rings. The molecule has 0 heterocycles. The van der Waals surface area contributed by atoms with Gasteiger partial charge in [-0.25, -0.2) is 8.78 Å². The van der Waals surface area contributed by atoms with Gasteiger partial charge in [-0.05, 0) is 39.0 Å². The second-order valence-electron chi connectivity index (χ2n) is 4.73. The molecular weight excluding hydrogens is 304 g/mol. The third-order valence-corrected chi connectivity index (χ3v) is 3.16. The quantitative estimate of drug-likeness (QED) is 0.779. The summed E-state index contributed by atoms with van der Waals surface area (Å²) >= 11 is 3.26. The Morgan fingerprint density at radius 1 is 1.39 bits per heavy atom. The second kappa shape index (κ2) is 5.34. The van der Waals surface area contributed by atoms with Crippen LogP contribution in [0.15, 0.2) is 18.2 Å². The molecule has 1 rings (SSSR count). The van der Waals surface area contributed by atoms with Gasteiger partial charge in [-0.15, -0.1) is 0 Å². The van der Waals surface area contributed by atoms with Gasteiger partial charge in [0.25, 0.3) is 0 Å². The summed E-state index contributed by atoms with van der Waals surface area (Å²) in [7, 11) is 1.57. The van der Waals surface area contributed by atoms with E-state index in [0.717, 1.165) is 18.2 Å². The van der Waals surface area contributed by atoms with Gasteiger partial charge in [-0.2, -0.15) is 0 Å². The molecule has 0 aromatic heterocycles. The zero-order valence-corrected chi connectivity index (χ0v) is 12.4. The molecule has 0 saturated heterocycles. The van der Waals surface area contributed by atoms with Crippen LogP contribution in [0.3, 0.4) is 0 Å². The molecule has 0 fully saturated rings. The molecule has 0 bridgehead atoms. The first-order valence-corrected chi connectivity index (χ1v) is 6.35. The van der Waals surface area contributed by atoms with Gasteiger partial charge in [-0.3, -0.25) is 4.79 Å². The van der Waals surface area contributed by atoms with Crippen molar-refractivity contribution in [2.75, 3.05) is 7.05 Å². The topological polar surface area (TPSA) is 20.3 Å². The van der Waals surface area contributed by atoms with Crippen LogP contribution in [0.1, 0.15) is 32.4 Å². The van der Waals surface area contributed by atoms with Crippen molar-refractivity contribution in [2.24, 2.45) is 0 Å². The Labute approximate surface area is 114 Å². The van der Waals surface area contributed by atoms with Gasteiger partial charge in [0.15, 0.2) is 0 Å². The first-order chi connectivity index (χ1) is 8.14. The molecule has 100 valence electrons. The van der Waals surface area contributed by atoms with Crippen molar-refractivity contribution >= 4 is 21.8 Å². The number of amides is 1. The summed E-state index contributed by atoms with van der Waals surface area (Å²) in [4.78, 5) is 13.4. The monoisotopic (exact) mass is 319 g/mol. The van der Waals surface area contributed by atoms with Crippen LogP contribution in [-0.4, -0.2) is 22.2 Å². The highest BCUT2D eigenvalue weighted by atomic mass is 79.9. The van der Waals surface area contributed by atoms with Gasteiger partial charge in [-0.1, -0.05) is 15.9 Å². The fourth-order valence-electron chi connectivity index (χ4n) is 1.64. The minimum Gasteiger partial charge on any atom is -0.338 e. The fourth-order valence-corrected chi connectivity index (χ4v) is 1.92. The lowest BCUT2D eigenvalue weighted by molar-refractivity contribution is -0.133. The molecule has 1 atom stereocenters. The average molecular weight is 320 g/mol. The van der Waals surface area contributed by atoms with E-state index in [9.17, 15) is 13.6 Å². The third kappa shape index (κ3) is 3.28. The zero-order valence-electron chi connectivity index (χ0n) is 10.8. The van der Waals surface area contributed by atoms with Crippen molar-refractivity contribution in [1.82, 2.24) is 4.90 Å². The highest BCUT2D eigenvalue weighted by Crippen LogP contribution is 2.27. The minimum atomic E-state index is -0.736. The Bertz CT molecular complexity index is 457. The molecule has 0 aliphatic rings. The fraction of sp³-hybridized carbons (Fsp3) is 0.462. The van der Waals surface area contributed by atoms with Crippen LogP contribution < -0.4 is 0 Å². The van der Waals surface area contributed by atoms with Crippen LogP contribution >= 0.6 is 15.9 Å². The first kappa shape index (κ1) is 15.1. The van der Waals surface area contributed by atoms with E-state index in [4.69, 9.17) is 0 Å². The summed E-state index contributed by atoms with van der Waals surface area (Å²) in [6.45, 7) is 5.08. The number of halogens is 3. The van der Waals surface area contributed by atoms with Gasteiger partial charge in [0.1, 0.15) is 11.6 Å². The summed E-state index contributed by atoms with van der Waals surface area (Å²) in [6.07, 6.45) is 0. The number of benzene rings is 1. The molecule has 0 radical (unpaired) electrons. The maximum atomic E-state index is 13.6. The minimum absolute atomic E-state index is 0.169. The van der Waals surface area contributed by atoms with Gasteiger partial charge in [0.05, 0.1) is 10.4 Å². The summed E-state index contributed by atoms with van der Waals surface area (Å²) < 4.78 is 26.0. The Morgan fingerprint density at radius 2 is 1.94 bits per heavy atom. The highest BCUT2D eigenvalue weighted by Gasteiger charge is 2.30. The van der Waals surface area contributed by atoms with Crippen LogP contribution in [0.4, 0.5) is 8.78 Å². The second-order valence-corrected chi connectivity index (χ2v) is 6.71. The number of hydrogen-bond acceptors (Lipinski definition) is 1. The van der Waals surface area contributed by atoms with Gasteiger partial charge >= 0.3 is 0 Å². The van der Waals surface area contributed by atoms with Crippen molar-refractivity contribution in [3.63, 3.8) is 0 Å². The van der Waals surface area contributed by atoms with E-state index in [1.54, 1.807) is 27.8 Å². The van der Waals surface area contributed by atoms with E-state index in [-0.39, 0.29) is 11.5 Å². The number of rotatable bonds is 3. The van der Waals surface area contributed by atoms with Gasteiger partial charge in [0, 0.05) is 12.6 Å². The molecule has 0 N–H and O–H groups in total. The third-order valence-electron chi connectivity index (χ3n) is 2.82. The van der Waals surface area contributed by atoms with Crippen molar-refractivity contribution in [2.45, 2.75) is 31.1 Å². The molecule has 18 heavy (non-hydrogen) atoms. The van der Waals surface area contributed by atoms with E-state index in [0.29, 0.717) is 0 Å². The van der Waals surface area contributed by atoms with Crippen LogP contribution in [0.5, 0.6) is 0 Å². The molecule has 2 nitrogen and oxygen atoms in total. The average Bonchev–Trinajstić information content (AvgIpc) is 2.28. The van der Waals surface area contributed by atoms with E-state index in [1.807, 2.05) is 0 Å². The van der Waals surface area contributed by atoms with E-state index in [2.05, 4.69) is 15.9 Å². The smallest absolute Gasteiger partial charge is 0.239 e. The van der Waals surface area contributed by atoms with Crippen LogP contribution in [-0.2, 0) is 4.79 Å². The van der Waals surface area contributed by atoms with E-state index >= 15 is 0 Å². The van der Waals surface area contributed by atoms with Gasteiger partial charge in [0.2, 0.25) is 5.91 Å². The van der Waals surface area contributed by atoms with Crippen molar-refractivity contribution in [3.05, 3.63) is 35.4 Å². The number of alkyl halides is 1. The highest BCUT2D eigenvalue weighted by molar-refractivity contribution is 9.10. The summed E-state index contributed by atoms with van der Waals surface area (Å²) in [6, 6.07) is 2.70. The Hall–Kier alpha value is -0.970. The largest absolute Gasteiger partial charge is 0.338 e. The van der Waals surface area contributed by atoms with Crippen molar-refractivity contribution in [3.8, 4) is 0 Å². The molecule has 1 unspecified atom stereocenters. The Morgan fingerprint density at radius 3 is 2.44 bits per heavy atom. The number of carbonyl (C=O) groups excluding carboxylic acids is 1. The zero-order chi connectivity index (χ0) is 14.1. The maximum Gasteiger partial charge on any atom is 0.239 e. The molecule has 0 aliphatic carbocycles. The van der Waals surface area contributed by atoms with Crippen molar-refractivity contribution < 1.29 is 13.6 Å². The van der Waals surface area contributed by atoms with Crippen LogP contribution in [0.25, 0.3) is 0 Å². The molecular formula is C13H16BrF2NO. The maximum absolute atomic E-state index is 13.6. The molecule has 0 spiro atoms. The lowest BCUT2D eigenvalue weighted by atomic mass is 10.0. The van der Waals surface area contributed by atoms with Crippen molar-refractivity contribution in [1.29, 1.82) is 0 Å². The van der Waals surface area contributed by atoms with Crippen LogP contribution in [0.2, 0.25) is 0 Å². The molecule has 5 heteroatoms. The standard InChI is InChI=1S/C13H16BrF2NO/c1-8(17(4)12(18)13(2,3)14)10-7-9(15)5-6-11(10)16/h5-8H,1-4H3. The summed E-state index contributed by atoms with van der Waals surface area (Å²) in [5.74, 6) is -1.23. The predicted molar refractivity (Wildman–Crippen MR) is 70.5 cm³/mol. The van der Waals surface area contributed by atoms with E-state index in [1.165, 1.54) is 4.90 Å². The number of hydrogen-bond donors (Lipinski definition) is 0. The summed E-state index contributed by atoms with van der Waals surface area (Å²) in [5, 5.41) is 0. The molecule has 1 amide bonds. The Balaban J connectivity index is 3.03. The van der Waals surface area contributed by atoms with Crippen LogP contribution in [0, 0.1) is 11.6 Å². The SMILES string of the molecule is CC(c1cc(F)ccc1F)N(C)C(=O)C(C)(C)Br. The predicted octanol–water partition coefficient (Wildman–Crippen LogP) is 3.66. The lowest BCUT2D eigenvalue weighted by Gasteiger charge is -2.30. The first-order valence-electron chi connectivity index (χ1n) is 5.55.